The third-order valence-corrected chi connectivity index (χ3v) is 2.26. The normalized spacial score (nSPS) is 11.9. The van der Waals surface area contributed by atoms with Crippen LogP contribution >= 0.6 is 11.6 Å². The summed E-state index contributed by atoms with van der Waals surface area (Å²) in [6, 6.07) is 1.77. The average Bonchev–Trinajstić information content (AvgIpc) is 2.22. The van der Waals surface area contributed by atoms with Gasteiger partial charge >= 0.3 is 0 Å². The quantitative estimate of drug-likeness (QED) is 0.502. The van der Waals surface area contributed by atoms with Crippen molar-refractivity contribution in [3.63, 3.8) is 0 Å². The van der Waals surface area contributed by atoms with Crippen LogP contribution in [0.5, 0.6) is 0 Å². The Morgan fingerprint density at radius 2 is 2.31 bits per heavy atom. The number of rotatable bonds is 4. The molecule has 4 nitrogen and oxygen atoms in total. The van der Waals surface area contributed by atoms with Crippen molar-refractivity contribution >= 4 is 23.0 Å². The van der Waals surface area contributed by atoms with Crippen LogP contribution in [0.15, 0.2) is 24.8 Å². The summed E-state index contributed by atoms with van der Waals surface area (Å²) in [7, 11) is 0. The minimum Gasteiger partial charge on any atom is -0.373 e. The fraction of sp³-hybridized carbons (Fsp3) is 0.200. The van der Waals surface area contributed by atoms with Crippen LogP contribution in [0.25, 0.3) is 0 Å². The molecule has 0 bridgehead atoms. The molecule has 1 N–H and O–H groups in total. The van der Waals surface area contributed by atoms with Crippen LogP contribution < -0.4 is 5.32 Å². The van der Waals surface area contributed by atoms with E-state index in [-0.39, 0.29) is 22.4 Å². The average molecular weight is 245 g/mol. The van der Waals surface area contributed by atoms with Crippen molar-refractivity contribution in [2.45, 2.75) is 13.0 Å². The summed E-state index contributed by atoms with van der Waals surface area (Å²) in [5.41, 5.74) is -0.181. The Morgan fingerprint density at radius 3 is 2.81 bits per heavy atom. The third kappa shape index (κ3) is 2.70. The van der Waals surface area contributed by atoms with E-state index in [0.29, 0.717) is 0 Å². The number of halogens is 2. The maximum absolute atomic E-state index is 13.2. The van der Waals surface area contributed by atoms with Gasteiger partial charge in [0.2, 0.25) is 0 Å². The van der Waals surface area contributed by atoms with Gasteiger partial charge in [-0.05, 0) is 6.92 Å². The summed E-state index contributed by atoms with van der Waals surface area (Å²) in [5.74, 6) is -0.703. The molecule has 0 heterocycles. The topological polar surface area (TPSA) is 55.2 Å². The highest BCUT2D eigenvalue weighted by atomic mass is 35.5. The van der Waals surface area contributed by atoms with Gasteiger partial charge in [0.15, 0.2) is 0 Å². The van der Waals surface area contributed by atoms with E-state index >= 15 is 0 Å². The van der Waals surface area contributed by atoms with Crippen molar-refractivity contribution in [3.8, 4) is 0 Å². The number of nitro benzene ring substituents is 1. The zero-order chi connectivity index (χ0) is 12.3. The fourth-order valence-corrected chi connectivity index (χ4v) is 1.27. The highest BCUT2D eigenvalue weighted by Crippen LogP contribution is 2.30. The molecule has 0 aliphatic rings. The van der Waals surface area contributed by atoms with Crippen molar-refractivity contribution in [1.82, 2.24) is 0 Å². The monoisotopic (exact) mass is 244 g/mol. The molecule has 1 aromatic rings. The maximum atomic E-state index is 13.2. The van der Waals surface area contributed by atoms with Gasteiger partial charge in [-0.25, -0.2) is 4.39 Å². The van der Waals surface area contributed by atoms with Crippen molar-refractivity contribution in [2.24, 2.45) is 0 Å². The molecule has 0 saturated carbocycles. The SMILES string of the molecule is C=CC(C)Nc1cc(F)c(Cl)cc1[N+](=O)[O-]. The number of anilines is 1. The predicted octanol–water partition coefficient (Wildman–Crippen LogP) is 3.37. The van der Waals surface area contributed by atoms with Gasteiger partial charge in [0, 0.05) is 18.2 Å². The molecule has 0 radical (unpaired) electrons. The Bertz CT molecular complexity index is 437. The summed E-state index contributed by atoms with van der Waals surface area (Å²) in [4.78, 5) is 10.1. The van der Waals surface area contributed by atoms with Crippen LogP contribution in [-0.2, 0) is 0 Å². The Labute approximate surface area is 96.9 Å². The molecule has 0 aromatic heterocycles. The Balaban J connectivity index is 3.19. The number of nitrogens with one attached hydrogen (secondary N) is 1. The summed E-state index contributed by atoms with van der Waals surface area (Å²) in [5, 5.41) is 13.2. The molecule has 0 saturated heterocycles. The van der Waals surface area contributed by atoms with Gasteiger partial charge in [0.05, 0.1) is 9.95 Å². The zero-order valence-electron chi connectivity index (χ0n) is 8.54. The highest BCUT2D eigenvalue weighted by molar-refractivity contribution is 6.31. The predicted molar refractivity (Wildman–Crippen MR) is 61.3 cm³/mol. The lowest BCUT2D eigenvalue weighted by Gasteiger charge is -2.11. The van der Waals surface area contributed by atoms with E-state index < -0.39 is 10.7 Å². The molecule has 6 heteroatoms. The molecule has 0 fully saturated rings. The number of hydrogen-bond donors (Lipinski definition) is 1. The fourth-order valence-electron chi connectivity index (χ4n) is 1.11. The lowest BCUT2D eigenvalue weighted by molar-refractivity contribution is -0.384. The first-order valence-electron chi connectivity index (χ1n) is 4.48. The molecule has 16 heavy (non-hydrogen) atoms. The van der Waals surface area contributed by atoms with E-state index in [4.69, 9.17) is 11.6 Å². The van der Waals surface area contributed by atoms with E-state index in [1.54, 1.807) is 13.0 Å². The van der Waals surface area contributed by atoms with E-state index in [1.165, 1.54) is 0 Å². The summed E-state index contributed by atoms with van der Waals surface area (Å²) in [6.07, 6.45) is 1.55. The molecule has 0 amide bonds. The Morgan fingerprint density at radius 1 is 1.69 bits per heavy atom. The second-order valence-corrected chi connectivity index (χ2v) is 3.62. The Hall–Kier alpha value is -1.62. The molecule has 1 unspecified atom stereocenters. The van der Waals surface area contributed by atoms with Gasteiger partial charge in [-0.1, -0.05) is 17.7 Å². The molecular weight excluding hydrogens is 235 g/mol. The highest BCUT2D eigenvalue weighted by Gasteiger charge is 2.18. The van der Waals surface area contributed by atoms with Crippen LogP contribution in [0.3, 0.4) is 0 Å². The maximum Gasteiger partial charge on any atom is 0.294 e. The van der Waals surface area contributed by atoms with Gasteiger partial charge in [-0.2, -0.15) is 0 Å². The smallest absolute Gasteiger partial charge is 0.294 e. The second kappa shape index (κ2) is 4.94. The summed E-state index contributed by atoms with van der Waals surface area (Å²) >= 11 is 5.47. The second-order valence-electron chi connectivity index (χ2n) is 3.21. The number of nitro groups is 1. The van der Waals surface area contributed by atoms with Gasteiger partial charge < -0.3 is 5.32 Å². The van der Waals surface area contributed by atoms with Crippen LogP contribution in [0, 0.1) is 15.9 Å². The lowest BCUT2D eigenvalue weighted by atomic mass is 10.2. The van der Waals surface area contributed by atoms with E-state index in [2.05, 4.69) is 11.9 Å². The van der Waals surface area contributed by atoms with Crippen molar-refractivity contribution < 1.29 is 9.31 Å². The van der Waals surface area contributed by atoms with Crippen LogP contribution in [0.4, 0.5) is 15.8 Å². The lowest BCUT2D eigenvalue weighted by Crippen LogP contribution is -2.12. The van der Waals surface area contributed by atoms with Gasteiger partial charge in [0.1, 0.15) is 11.5 Å². The standard InChI is InChI=1S/C10H10ClFN2O2/c1-3-6(2)13-9-5-8(12)7(11)4-10(9)14(15)16/h3-6,13H,1H2,2H3. The molecular formula is C10H10ClFN2O2. The minimum atomic E-state index is -0.703. The van der Waals surface area contributed by atoms with E-state index in [1.807, 2.05) is 0 Å². The molecule has 0 aliphatic heterocycles. The zero-order valence-corrected chi connectivity index (χ0v) is 9.29. The molecule has 1 atom stereocenters. The van der Waals surface area contributed by atoms with Gasteiger partial charge in [-0.15, -0.1) is 6.58 Å². The van der Waals surface area contributed by atoms with Gasteiger partial charge in [0.25, 0.3) is 5.69 Å². The summed E-state index contributed by atoms with van der Waals surface area (Å²) in [6.45, 7) is 5.26. The number of hydrogen-bond acceptors (Lipinski definition) is 3. The minimum absolute atomic E-state index is 0.0827. The molecule has 86 valence electrons. The van der Waals surface area contributed by atoms with Crippen LogP contribution in [-0.4, -0.2) is 11.0 Å². The van der Waals surface area contributed by atoms with Crippen molar-refractivity contribution in [2.75, 3.05) is 5.32 Å². The number of nitrogens with zero attached hydrogens (tertiary/aromatic N) is 1. The third-order valence-electron chi connectivity index (χ3n) is 1.97. The summed E-state index contributed by atoms with van der Waals surface area (Å²) < 4.78 is 13.2. The first-order valence-corrected chi connectivity index (χ1v) is 4.86. The number of benzene rings is 1. The first-order chi connectivity index (χ1) is 7.45. The molecule has 1 rings (SSSR count). The molecule has 0 spiro atoms. The van der Waals surface area contributed by atoms with E-state index in [0.717, 1.165) is 12.1 Å². The van der Waals surface area contributed by atoms with Crippen molar-refractivity contribution in [1.29, 1.82) is 0 Å². The largest absolute Gasteiger partial charge is 0.373 e. The molecule has 1 aromatic carbocycles. The first kappa shape index (κ1) is 12.4. The molecule has 0 aliphatic carbocycles. The van der Waals surface area contributed by atoms with E-state index in [9.17, 15) is 14.5 Å². The van der Waals surface area contributed by atoms with Crippen LogP contribution in [0.2, 0.25) is 5.02 Å². The van der Waals surface area contributed by atoms with Crippen molar-refractivity contribution in [3.05, 3.63) is 45.7 Å². The Kier molecular flexibility index (Phi) is 3.84. The van der Waals surface area contributed by atoms with Gasteiger partial charge in [-0.3, -0.25) is 10.1 Å². The van der Waals surface area contributed by atoms with Crippen LogP contribution in [0.1, 0.15) is 6.92 Å².